The van der Waals surface area contributed by atoms with E-state index in [9.17, 15) is 9.59 Å². The molecule has 7 heteroatoms. The van der Waals surface area contributed by atoms with E-state index in [0.717, 1.165) is 17.7 Å². The number of hydrogen-bond acceptors (Lipinski definition) is 5. The highest BCUT2D eigenvalue weighted by atomic mass is 32.1. The topological polar surface area (TPSA) is 76.9 Å². The summed E-state index contributed by atoms with van der Waals surface area (Å²) in [5.41, 5.74) is 3.67. The number of hydrogen-bond donors (Lipinski definition) is 1. The molecule has 31 heavy (non-hydrogen) atoms. The van der Waals surface area contributed by atoms with Gasteiger partial charge in [-0.15, -0.1) is 11.3 Å². The summed E-state index contributed by atoms with van der Waals surface area (Å²) < 4.78 is 1.32. The van der Waals surface area contributed by atoms with Crippen LogP contribution < -0.4 is 10.9 Å². The normalized spacial score (nSPS) is 12.6. The van der Waals surface area contributed by atoms with E-state index in [1.165, 1.54) is 21.6 Å². The molecule has 2 aromatic heterocycles. The number of carbonyl (C=O) groups excluding carboxylic acids is 1. The molecular weight excluding hydrogens is 408 g/mol. The first-order valence-electron chi connectivity index (χ1n) is 10.4. The molecule has 6 nitrogen and oxygen atoms in total. The maximum atomic E-state index is 13.0. The van der Waals surface area contributed by atoms with Crippen molar-refractivity contribution < 1.29 is 4.79 Å². The average molecular weight is 439 g/mol. The molecule has 1 N–H and O–H groups in total. The van der Waals surface area contributed by atoms with Gasteiger partial charge >= 0.3 is 0 Å². The first kappa shape index (κ1) is 22.9. The summed E-state index contributed by atoms with van der Waals surface area (Å²) in [4.78, 5) is 30.8. The Morgan fingerprint density at radius 3 is 2.45 bits per heavy atom. The minimum absolute atomic E-state index is 0.0227. The fourth-order valence-corrected chi connectivity index (χ4v) is 4.99. The van der Waals surface area contributed by atoms with Crippen LogP contribution in [0.2, 0.25) is 0 Å². The summed E-state index contributed by atoms with van der Waals surface area (Å²) in [5.74, 6) is -0.155. The van der Waals surface area contributed by atoms with Gasteiger partial charge in [0.25, 0.3) is 11.5 Å². The monoisotopic (exact) mass is 438 g/mol. The van der Waals surface area contributed by atoms with Crippen molar-refractivity contribution in [3.05, 3.63) is 68.1 Å². The van der Waals surface area contributed by atoms with Crippen molar-refractivity contribution in [3.63, 3.8) is 0 Å². The van der Waals surface area contributed by atoms with Crippen LogP contribution in [0.5, 0.6) is 0 Å². The first-order chi connectivity index (χ1) is 14.5. The van der Waals surface area contributed by atoms with Crippen molar-refractivity contribution >= 4 is 17.2 Å². The van der Waals surface area contributed by atoms with Gasteiger partial charge in [-0.05, 0) is 50.7 Å². The maximum Gasteiger partial charge on any atom is 0.277 e. The Hall–Kier alpha value is -2.80. The number of amides is 1. The molecule has 0 saturated carbocycles. The van der Waals surface area contributed by atoms with Crippen molar-refractivity contribution in [2.24, 2.45) is 7.05 Å². The molecular formula is C24H30N4O2S. The fraction of sp³-hybridized carbons (Fsp3) is 0.417. The van der Waals surface area contributed by atoms with Crippen molar-refractivity contribution in [2.75, 3.05) is 0 Å². The Labute approximate surface area is 187 Å². The molecule has 0 radical (unpaired) electrons. The Morgan fingerprint density at radius 1 is 1.16 bits per heavy atom. The van der Waals surface area contributed by atoms with Crippen molar-refractivity contribution in [3.8, 4) is 10.6 Å². The Kier molecular flexibility index (Phi) is 6.46. The molecule has 0 fully saturated rings. The van der Waals surface area contributed by atoms with E-state index in [0.29, 0.717) is 21.1 Å². The van der Waals surface area contributed by atoms with E-state index in [1.54, 1.807) is 14.0 Å². The van der Waals surface area contributed by atoms with Crippen LogP contribution in [0.4, 0.5) is 0 Å². The van der Waals surface area contributed by atoms with Gasteiger partial charge in [0.2, 0.25) is 0 Å². The van der Waals surface area contributed by atoms with Gasteiger partial charge < -0.3 is 5.32 Å². The minimum Gasteiger partial charge on any atom is -0.349 e. The molecule has 2 heterocycles. The van der Waals surface area contributed by atoms with Crippen LogP contribution in [0.3, 0.4) is 0 Å². The molecule has 1 aromatic carbocycles. The molecule has 0 saturated heterocycles. The quantitative estimate of drug-likeness (QED) is 0.622. The number of carbonyl (C=O) groups is 1. The van der Waals surface area contributed by atoms with E-state index in [1.807, 2.05) is 39.0 Å². The molecule has 0 bridgehead atoms. The standard InChI is InChI=1S/C24H30N4O2S/c1-14(13-24(5,6)18-11-9-8-10-12-18)25-21(29)20-17(4)26-22(31-20)19-15(2)16(3)27-28(7)23(19)30/h8-12,14H,13H2,1-7H3,(H,25,29). The van der Waals surface area contributed by atoms with Crippen LogP contribution in [0.25, 0.3) is 10.6 Å². The number of aryl methyl sites for hydroxylation is 3. The Balaban J connectivity index is 1.82. The SMILES string of the molecule is Cc1nc(-c2c(C)c(C)nn(C)c2=O)sc1C(=O)NC(C)CC(C)(C)c1ccccc1. The zero-order valence-electron chi connectivity index (χ0n) is 19.2. The van der Waals surface area contributed by atoms with Gasteiger partial charge in [0.05, 0.1) is 17.0 Å². The highest BCUT2D eigenvalue weighted by molar-refractivity contribution is 7.17. The van der Waals surface area contributed by atoms with Crippen molar-refractivity contribution in [2.45, 2.75) is 59.4 Å². The van der Waals surface area contributed by atoms with Crippen LogP contribution in [-0.2, 0) is 12.5 Å². The lowest BCUT2D eigenvalue weighted by Gasteiger charge is -2.29. The molecule has 164 valence electrons. The van der Waals surface area contributed by atoms with Gasteiger partial charge in [0.15, 0.2) is 0 Å². The summed E-state index contributed by atoms with van der Waals surface area (Å²) in [7, 11) is 1.63. The molecule has 0 aliphatic carbocycles. The summed E-state index contributed by atoms with van der Waals surface area (Å²) >= 11 is 1.26. The van der Waals surface area contributed by atoms with Crippen LogP contribution >= 0.6 is 11.3 Å². The lowest BCUT2D eigenvalue weighted by atomic mass is 9.79. The average Bonchev–Trinajstić information content (AvgIpc) is 3.08. The van der Waals surface area contributed by atoms with Gasteiger partial charge in [-0.25, -0.2) is 9.67 Å². The second-order valence-corrected chi connectivity index (χ2v) is 9.78. The van der Waals surface area contributed by atoms with Crippen LogP contribution in [0.1, 0.15) is 59.4 Å². The van der Waals surface area contributed by atoms with E-state index in [-0.39, 0.29) is 22.9 Å². The highest BCUT2D eigenvalue weighted by Crippen LogP contribution is 2.30. The van der Waals surface area contributed by atoms with Crippen molar-refractivity contribution in [1.82, 2.24) is 20.1 Å². The zero-order chi connectivity index (χ0) is 22.9. The number of aromatic nitrogens is 3. The molecule has 1 unspecified atom stereocenters. The Bertz CT molecular complexity index is 1160. The van der Waals surface area contributed by atoms with Crippen LogP contribution in [0, 0.1) is 20.8 Å². The second kappa shape index (κ2) is 8.75. The van der Waals surface area contributed by atoms with Crippen molar-refractivity contribution in [1.29, 1.82) is 0 Å². The number of nitrogens with one attached hydrogen (secondary N) is 1. The minimum atomic E-state index is -0.207. The number of nitrogens with zero attached hydrogens (tertiary/aromatic N) is 3. The lowest BCUT2D eigenvalue weighted by Crippen LogP contribution is -2.37. The summed E-state index contributed by atoms with van der Waals surface area (Å²) in [5, 5.41) is 7.90. The molecule has 3 aromatic rings. The zero-order valence-corrected chi connectivity index (χ0v) is 20.1. The van der Waals surface area contributed by atoms with Gasteiger partial charge in [-0.3, -0.25) is 9.59 Å². The maximum absolute atomic E-state index is 13.0. The summed E-state index contributed by atoms with van der Waals surface area (Å²) in [6, 6.07) is 10.3. The van der Waals surface area contributed by atoms with E-state index >= 15 is 0 Å². The number of thiazole rings is 1. The third-order valence-electron chi connectivity index (χ3n) is 5.69. The summed E-state index contributed by atoms with van der Waals surface area (Å²) in [6.45, 7) is 11.9. The fourth-order valence-electron chi connectivity index (χ4n) is 3.93. The highest BCUT2D eigenvalue weighted by Gasteiger charge is 2.26. The molecule has 0 aliphatic rings. The molecule has 1 amide bonds. The predicted octanol–water partition coefficient (Wildman–Crippen LogP) is 4.32. The van der Waals surface area contributed by atoms with Gasteiger partial charge in [-0.2, -0.15) is 5.10 Å². The van der Waals surface area contributed by atoms with Crippen LogP contribution in [0.15, 0.2) is 35.1 Å². The third-order valence-corrected chi connectivity index (χ3v) is 6.87. The largest absolute Gasteiger partial charge is 0.349 e. The predicted molar refractivity (Wildman–Crippen MR) is 126 cm³/mol. The smallest absolute Gasteiger partial charge is 0.277 e. The first-order valence-corrected chi connectivity index (χ1v) is 11.2. The van der Waals surface area contributed by atoms with E-state index < -0.39 is 0 Å². The number of rotatable bonds is 6. The second-order valence-electron chi connectivity index (χ2n) is 8.78. The van der Waals surface area contributed by atoms with E-state index in [4.69, 9.17) is 0 Å². The van der Waals surface area contributed by atoms with Crippen LogP contribution in [-0.4, -0.2) is 26.7 Å². The molecule has 0 aliphatic heterocycles. The number of benzene rings is 1. The lowest BCUT2D eigenvalue weighted by molar-refractivity contribution is 0.0938. The van der Waals surface area contributed by atoms with Gasteiger partial charge in [0.1, 0.15) is 9.88 Å². The molecule has 3 rings (SSSR count). The third kappa shape index (κ3) is 4.77. The molecule has 0 spiro atoms. The van der Waals surface area contributed by atoms with E-state index in [2.05, 4.69) is 41.4 Å². The van der Waals surface area contributed by atoms with Gasteiger partial charge in [-0.1, -0.05) is 44.2 Å². The molecule has 1 atom stereocenters. The Morgan fingerprint density at radius 2 is 1.81 bits per heavy atom. The summed E-state index contributed by atoms with van der Waals surface area (Å²) in [6.07, 6.45) is 0.802. The van der Waals surface area contributed by atoms with Gasteiger partial charge in [0, 0.05) is 13.1 Å².